The number of nitrogens with zero attached hydrogens (tertiary/aromatic N) is 2. The van der Waals surface area contributed by atoms with Crippen LogP contribution in [0.2, 0.25) is 0 Å². The SMILES string of the molecule is O=C(/C=C/c1ccco1)N1C[C@H]2C[C@@H](C1)c1cccc(=O)n1C2. The largest absolute Gasteiger partial charge is 0.465 e. The molecule has 1 fully saturated rings. The van der Waals surface area contributed by atoms with Gasteiger partial charge in [-0.15, -0.1) is 0 Å². The van der Waals surface area contributed by atoms with Gasteiger partial charge in [-0.25, -0.2) is 0 Å². The number of aromatic nitrogens is 1. The average molecular weight is 310 g/mol. The molecule has 0 radical (unpaired) electrons. The summed E-state index contributed by atoms with van der Waals surface area (Å²) in [7, 11) is 0. The molecule has 0 spiro atoms. The van der Waals surface area contributed by atoms with Crippen molar-refractivity contribution in [2.45, 2.75) is 18.9 Å². The highest BCUT2D eigenvalue weighted by Gasteiger charge is 2.35. The Balaban J connectivity index is 1.54. The smallest absolute Gasteiger partial charge is 0.250 e. The van der Waals surface area contributed by atoms with E-state index in [0.29, 0.717) is 31.3 Å². The molecule has 1 saturated heterocycles. The summed E-state index contributed by atoms with van der Waals surface area (Å²) in [4.78, 5) is 26.3. The van der Waals surface area contributed by atoms with E-state index in [4.69, 9.17) is 4.42 Å². The quantitative estimate of drug-likeness (QED) is 0.798. The van der Waals surface area contributed by atoms with E-state index < -0.39 is 0 Å². The molecular weight excluding hydrogens is 292 g/mol. The van der Waals surface area contributed by atoms with Gasteiger partial charge in [0.2, 0.25) is 5.91 Å². The van der Waals surface area contributed by atoms with Crippen LogP contribution in [0.15, 0.2) is 51.9 Å². The molecule has 4 rings (SSSR count). The zero-order chi connectivity index (χ0) is 15.8. The minimum absolute atomic E-state index is 0.00262. The van der Waals surface area contributed by atoms with Gasteiger partial charge in [-0.3, -0.25) is 9.59 Å². The van der Waals surface area contributed by atoms with Crippen LogP contribution in [0.3, 0.4) is 0 Å². The van der Waals surface area contributed by atoms with Gasteiger partial charge >= 0.3 is 0 Å². The fraction of sp³-hybridized carbons (Fsp3) is 0.333. The molecule has 118 valence electrons. The number of fused-ring (bicyclic) bond motifs is 4. The zero-order valence-corrected chi connectivity index (χ0v) is 12.7. The fourth-order valence-corrected chi connectivity index (χ4v) is 3.72. The summed E-state index contributed by atoms with van der Waals surface area (Å²) >= 11 is 0. The molecule has 5 heteroatoms. The number of carbonyl (C=O) groups is 1. The Morgan fingerprint density at radius 3 is 2.91 bits per heavy atom. The molecule has 5 nitrogen and oxygen atoms in total. The van der Waals surface area contributed by atoms with Gasteiger partial charge in [0.05, 0.1) is 6.26 Å². The predicted molar refractivity (Wildman–Crippen MR) is 85.9 cm³/mol. The Morgan fingerprint density at radius 1 is 1.17 bits per heavy atom. The first kappa shape index (κ1) is 14.1. The van der Waals surface area contributed by atoms with Crippen molar-refractivity contribution in [1.29, 1.82) is 0 Å². The Labute approximate surface area is 133 Å². The lowest BCUT2D eigenvalue weighted by molar-refractivity contribution is -0.128. The van der Waals surface area contributed by atoms with Crippen LogP contribution in [0.1, 0.15) is 23.8 Å². The van der Waals surface area contributed by atoms with Crippen molar-refractivity contribution in [3.8, 4) is 0 Å². The minimum Gasteiger partial charge on any atom is -0.465 e. The lowest BCUT2D eigenvalue weighted by atomic mass is 9.83. The van der Waals surface area contributed by atoms with Gasteiger partial charge in [0, 0.05) is 43.4 Å². The summed E-state index contributed by atoms with van der Waals surface area (Å²) in [5, 5.41) is 0. The minimum atomic E-state index is 0.00262. The first-order valence-electron chi connectivity index (χ1n) is 7.91. The second-order valence-electron chi connectivity index (χ2n) is 6.29. The van der Waals surface area contributed by atoms with E-state index in [2.05, 4.69) is 0 Å². The highest BCUT2D eigenvalue weighted by molar-refractivity contribution is 5.91. The monoisotopic (exact) mass is 310 g/mol. The Kier molecular flexibility index (Phi) is 3.41. The second-order valence-corrected chi connectivity index (χ2v) is 6.29. The van der Waals surface area contributed by atoms with E-state index in [-0.39, 0.29) is 17.4 Å². The molecule has 0 N–H and O–H groups in total. The van der Waals surface area contributed by atoms with Crippen molar-refractivity contribution < 1.29 is 9.21 Å². The number of rotatable bonds is 2. The normalized spacial score (nSPS) is 23.0. The van der Waals surface area contributed by atoms with Gasteiger partial charge < -0.3 is 13.9 Å². The van der Waals surface area contributed by atoms with Crippen molar-refractivity contribution in [3.05, 3.63) is 64.5 Å². The molecule has 0 unspecified atom stereocenters. The maximum atomic E-state index is 12.4. The Morgan fingerprint density at radius 2 is 2.09 bits per heavy atom. The summed E-state index contributed by atoms with van der Waals surface area (Å²) in [6.45, 7) is 2.08. The highest BCUT2D eigenvalue weighted by Crippen LogP contribution is 2.34. The molecule has 1 amide bonds. The third kappa shape index (κ3) is 2.63. The van der Waals surface area contributed by atoms with Crippen molar-refractivity contribution >= 4 is 12.0 Å². The fourth-order valence-electron chi connectivity index (χ4n) is 3.72. The van der Waals surface area contributed by atoms with Gasteiger partial charge in [0.25, 0.3) is 5.56 Å². The van der Waals surface area contributed by atoms with Gasteiger partial charge in [-0.2, -0.15) is 0 Å². The average Bonchev–Trinajstić information content (AvgIpc) is 3.07. The maximum absolute atomic E-state index is 12.4. The number of hydrogen-bond acceptors (Lipinski definition) is 3. The molecule has 23 heavy (non-hydrogen) atoms. The second kappa shape index (κ2) is 5.57. The van der Waals surface area contributed by atoms with Gasteiger partial charge in [-0.1, -0.05) is 6.07 Å². The van der Waals surface area contributed by atoms with E-state index in [1.807, 2.05) is 27.7 Å². The highest BCUT2D eigenvalue weighted by atomic mass is 16.3. The zero-order valence-electron chi connectivity index (χ0n) is 12.7. The van der Waals surface area contributed by atoms with Crippen LogP contribution >= 0.6 is 0 Å². The first-order chi connectivity index (χ1) is 11.2. The number of hydrogen-bond donors (Lipinski definition) is 0. The van der Waals surface area contributed by atoms with Crippen LogP contribution in [0, 0.1) is 5.92 Å². The van der Waals surface area contributed by atoms with Gasteiger partial charge in [-0.05, 0) is 36.6 Å². The van der Waals surface area contributed by atoms with Crippen LogP contribution in [-0.2, 0) is 11.3 Å². The number of furan rings is 1. The van der Waals surface area contributed by atoms with E-state index in [1.54, 1.807) is 30.5 Å². The van der Waals surface area contributed by atoms with E-state index in [1.165, 1.54) is 0 Å². The van der Waals surface area contributed by atoms with Crippen LogP contribution in [-0.4, -0.2) is 28.5 Å². The van der Waals surface area contributed by atoms with Crippen molar-refractivity contribution in [2.24, 2.45) is 5.92 Å². The van der Waals surface area contributed by atoms with Crippen LogP contribution in [0.4, 0.5) is 0 Å². The predicted octanol–water partition coefficient (Wildman–Crippen LogP) is 2.10. The van der Waals surface area contributed by atoms with E-state index >= 15 is 0 Å². The summed E-state index contributed by atoms with van der Waals surface area (Å²) < 4.78 is 7.08. The third-order valence-electron chi connectivity index (χ3n) is 4.72. The number of carbonyl (C=O) groups excluding carboxylic acids is 1. The van der Waals surface area contributed by atoms with Gasteiger partial charge in [0.15, 0.2) is 0 Å². The Hall–Kier alpha value is -2.56. The van der Waals surface area contributed by atoms with Crippen LogP contribution in [0.5, 0.6) is 0 Å². The summed E-state index contributed by atoms with van der Waals surface area (Å²) in [5.41, 5.74) is 1.12. The number of likely N-dealkylation sites (tertiary alicyclic amines) is 1. The van der Waals surface area contributed by atoms with E-state index in [9.17, 15) is 9.59 Å². The topological polar surface area (TPSA) is 55.5 Å². The van der Waals surface area contributed by atoms with Crippen molar-refractivity contribution in [3.63, 3.8) is 0 Å². The Bertz CT molecular complexity index is 804. The van der Waals surface area contributed by atoms with Crippen molar-refractivity contribution in [2.75, 3.05) is 13.1 Å². The molecule has 2 aliphatic rings. The molecular formula is C18H18N2O3. The summed E-state index contributed by atoms with van der Waals surface area (Å²) in [6, 6.07) is 9.04. The van der Waals surface area contributed by atoms with Crippen LogP contribution in [0.25, 0.3) is 6.08 Å². The molecule has 2 aliphatic heterocycles. The molecule has 2 bridgehead atoms. The first-order valence-corrected chi connectivity index (χ1v) is 7.91. The maximum Gasteiger partial charge on any atom is 0.250 e. The molecule has 2 aromatic rings. The third-order valence-corrected chi connectivity index (χ3v) is 4.72. The van der Waals surface area contributed by atoms with Crippen molar-refractivity contribution in [1.82, 2.24) is 9.47 Å². The molecule has 2 aromatic heterocycles. The molecule has 0 aliphatic carbocycles. The summed E-state index contributed by atoms with van der Waals surface area (Å²) in [5.74, 6) is 1.27. The molecule has 0 saturated carbocycles. The lowest BCUT2D eigenvalue weighted by Gasteiger charge is -2.42. The lowest BCUT2D eigenvalue weighted by Crippen LogP contribution is -2.48. The van der Waals surface area contributed by atoms with Crippen LogP contribution < -0.4 is 5.56 Å². The van der Waals surface area contributed by atoms with E-state index in [0.717, 1.165) is 12.1 Å². The number of amides is 1. The number of piperidine rings is 1. The standard InChI is InChI=1S/C18H18N2O3/c21-17(7-6-15-3-2-8-23-15)19-10-13-9-14(12-19)16-4-1-5-18(22)20(16)11-13/h1-8,13-14H,9-12H2/b7-6+/t13-,14+/m1/s1. The molecule has 0 aromatic carbocycles. The summed E-state index contributed by atoms with van der Waals surface area (Å²) in [6.07, 6.45) is 5.91. The molecule has 2 atom stereocenters. The number of pyridine rings is 1. The molecule has 4 heterocycles. The van der Waals surface area contributed by atoms with Gasteiger partial charge in [0.1, 0.15) is 5.76 Å².